The van der Waals surface area contributed by atoms with Gasteiger partial charge in [-0.25, -0.2) is 8.42 Å². The monoisotopic (exact) mass is 862 g/mol. The minimum atomic E-state index is -6.09. The molecular weight excluding hydrogens is 818 g/mol. The van der Waals surface area contributed by atoms with Crippen LogP contribution in [0.25, 0.3) is 21.5 Å². The predicted molar refractivity (Wildman–Crippen MR) is 222 cm³/mol. The smallest absolute Gasteiger partial charge is 0.485 e. The van der Waals surface area contributed by atoms with Gasteiger partial charge in [-0.05, 0) is 120 Å². The van der Waals surface area contributed by atoms with Crippen LogP contribution in [-0.4, -0.2) is 57.7 Å². The summed E-state index contributed by atoms with van der Waals surface area (Å²) in [6, 6.07) is 44.6. The lowest BCUT2D eigenvalue weighted by atomic mass is 9.96. The third kappa shape index (κ3) is 11.3. The molecule has 6 aromatic rings. The number of fused-ring (bicyclic) bond motifs is 3. The Morgan fingerprint density at radius 1 is 0.667 bits per heavy atom. The highest BCUT2D eigenvalue weighted by Gasteiger charge is 2.37. The molecule has 0 bridgehead atoms. The first kappa shape index (κ1) is 43.3. The first-order chi connectivity index (χ1) is 29.0. The summed E-state index contributed by atoms with van der Waals surface area (Å²) in [5, 5.41) is 5.07. The lowest BCUT2D eigenvalue weighted by molar-refractivity contribution is -0.106. The Hall–Kier alpha value is -4.83. The fourth-order valence-electron chi connectivity index (χ4n) is 7.03. The van der Waals surface area contributed by atoms with E-state index in [4.69, 9.17) is 41.4 Å². The zero-order chi connectivity index (χ0) is 42.0. The summed E-state index contributed by atoms with van der Waals surface area (Å²) in [6.45, 7) is 2.20. The number of hydrogen-bond donors (Lipinski definition) is 0. The van der Waals surface area contributed by atoms with Gasteiger partial charge >= 0.3 is 5.51 Å². The third-order valence-corrected chi connectivity index (χ3v) is 12.8. The standard InChI is InChI=1S/C45H45O6S.CHF3O3S/c1-2-12-39-33(11-1)31-34(40-13-3-4-14-41(39)40)27-30-46-32-49-42-15-5-6-16-43(42)52(37-23-19-35(20-24-37)50-44-17-7-9-28-47-44)38-25-21-36(22-26-38)51-45-18-8-10-29-48-45;2-1(3,4)8(5,6)7/h1-6,11-16,19-26,31,44-45H,7-10,17-18,27-30,32H2;(H,5,6,7)/q+1;/p-1. The van der Waals surface area contributed by atoms with E-state index in [9.17, 15) is 13.2 Å². The average molecular weight is 863 g/mol. The van der Waals surface area contributed by atoms with E-state index >= 15 is 0 Å². The molecule has 6 aromatic carbocycles. The molecule has 2 aliphatic heterocycles. The Morgan fingerprint density at radius 2 is 1.18 bits per heavy atom. The summed E-state index contributed by atoms with van der Waals surface area (Å²) in [5.74, 6) is 2.42. The van der Waals surface area contributed by atoms with Gasteiger partial charge in [-0.1, -0.05) is 66.7 Å². The van der Waals surface area contributed by atoms with E-state index in [1.165, 1.54) is 27.1 Å². The molecule has 2 atom stereocenters. The molecule has 14 heteroatoms. The topological polar surface area (TPSA) is 113 Å². The normalized spacial score (nSPS) is 17.7. The van der Waals surface area contributed by atoms with Crippen molar-refractivity contribution in [1.82, 2.24) is 0 Å². The van der Waals surface area contributed by atoms with Crippen molar-refractivity contribution in [3.8, 4) is 17.2 Å². The first-order valence-corrected chi connectivity index (χ1v) is 22.4. The molecule has 0 amide bonds. The van der Waals surface area contributed by atoms with E-state index in [1.807, 2.05) is 36.4 Å². The highest BCUT2D eigenvalue weighted by molar-refractivity contribution is 7.97. The van der Waals surface area contributed by atoms with Crippen LogP contribution < -0.4 is 14.2 Å². The van der Waals surface area contributed by atoms with Crippen LogP contribution in [-0.2, 0) is 41.6 Å². The Labute approximate surface area is 350 Å². The average Bonchev–Trinajstić information content (AvgIpc) is 3.25. The highest BCUT2D eigenvalue weighted by Crippen LogP contribution is 2.38. The number of alkyl halides is 3. The fourth-order valence-corrected chi connectivity index (χ4v) is 9.17. The minimum absolute atomic E-state index is 0.155. The largest absolute Gasteiger partial charge is 0.741 e. The van der Waals surface area contributed by atoms with Gasteiger partial charge in [0.1, 0.15) is 22.4 Å². The summed E-state index contributed by atoms with van der Waals surface area (Å²) >= 11 is 0. The maximum Gasteiger partial charge on any atom is 0.485 e. The molecule has 2 aliphatic rings. The van der Waals surface area contributed by atoms with E-state index in [-0.39, 0.29) is 19.4 Å². The van der Waals surface area contributed by atoms with Crippen LogP contribution in [0.3, 0.4) is 0 Å². The van der Waals surface area contributed by atoms with Crippen LogP contribution in [0.5, 0.6) is 17.2 Å². The fraction of sp³-hybridized carbons (Fsp3) is 0.304. The molecule has 0 N–H and O–H groups in total. The molecule has 2 unspecified atom stereocenters. The zero-order valence-corrected chi connectivity index (χ0v) is 34.3. The molecule has 0 radical (unpaired) electrons. The van der Waals surface area contributed by atoms with Gasteiger partial charge in [-0.3, -0.25) is 0 Å². The highest BCUT2D eigenvalue weighted by atomic mass is 32.2. The third-order valence-electron chi connectivity index (χ3n) is 9.95. The zero-order valence-electron chi connectivity index (χ0n) is 32.7. The molecule has 0 spiro atoms. The molecule has 0 saturated carbocycles. The quantitative estimate of drug-likeness (QED) is 0.0280. The summed E-state index contributed by atoms with van der Waals surface area (Å²) in [4.78, 5) is 3.39. The van der Waals surface area contributed by atoms with Crippen LogP contribution in [0.4, 0.5) is 13.2 Å². The number of para-hydroxylation sites is 1. The van der Waals surface area contributed by atoms with Crippen LogP contribution >= 0.6 is 0 Å². The van der Waals surface area contributed by atoms with Gasteiger partial charge in [0, 0.05) is 12.8 Å². The molecular formula is C46H45F3O9S2. The van der Waals surface area contributed by atoms with Crippen LogP contribution in [0.1, 0.15) is 44.1 Å². The van der Waals surface area contributed by atoms with Crippen LogP contribution in [0.2, 0.25) is 0 Å². The van der Waals surface area contributed by atoms with Crippen molar-refractivity contribution in [3.63, 3.8) is 0 Å². The van der Waals surface area contributed by atoms with Gasteiger partial charge in [0.15, 0.2) is 45.0 Å². The van der Waals surface area contributed by atoms with Crippen molar-refractivity contribution in [2.45, 2.75) is 77.7 Å². The second-order valence-corrected chi connectivity index (χ2v) is 17.5. The molecule has 2 saturated heterocycles. The summed E-state index contributed by atoms with van der Waals surface area (Å²) in [5.41, 5.74) is -4.37. The van der Waals surface area contributed by atoms with Crippen LogP contribution in [0, 0.1) is 0 Å². The van der Waals surface area contributed by atoms with Crippen LogP contribution in [0.15, 0.2) is 142 Å². The summed E-state index contributed by atoms with van der Waals surface area (Å²) < 4.78 is 95.5. The number of hydrogen-bond acceptors (Lipinski definition) is 9. The molecule has 60 heavy (non-hydrogen) atoms. The van der Waals surface area contributed by atoms with Gasteiger partial charge in [-0.15, -0.1) is 0 Å². The molecule has 2 heterocycles. The summed E-state index contributed by atoms with van der Waals surface area (Å²) in [6.07, 6.45) is 6.68. The van der Waals surface area contributed by atoms with Gasteiger partial charge < -0.3 is 33.0 Å². The van der Waals surface area contributed by atoms with Crippen molar-refractivity contribution in [2.75, 3.05) is 26.6 Å². The first-order valence-electron chi connectivity index (χ1n) is 19.8. The van der Waals surface area contributed by atoms with E-state index in [0.29, 0.717) is 6.61 Å². The van der Waals surface area contributed by atoms with E-state index in [2.05, 4.69) is 91.0 Å². The summed E-state index contributed by atoms with van der Waals surface area (Å²) in [7, 11) is -6.57. The number of rotatable bonds is 13. The van der Waals surface area contributed by atoms with E-state index < -0.39 is 26.5 Å². The van der Waals surface area contributed by atoms with Crippen molar-refractivity contribution < 1.29 is 54.6 Å². The molecule has 0 aliphatic carbocycles. The SMILES string of the molecule is O=S(=O)([O-])C(F)(F)F.c1ccc([S+](c2ccc(OC3CCCCO3)cc2)c2ccc(OC3CCCCO3)cc2)c(OCOCCc2cc3ccccc3c3ccccc23)c1. The molecule has 316 valence electrons. The number of halogens is 3. The van der Waals surface area contributed by atoms with Gasteiger partial charge in [0.25, 0.3) is 0 Å². The maximum absolute atomic E-state index is 10.7. The lowest BCUT2D eigenvalue weighted by Gasteiger charge is -2.23. The minimum Gasteiger partial charge on any atom is -0.741 e. The van der Waals surface area contributed by atoms with Crippen molar-refractivity contribution in [2.24, 2.45) is 0 Å². The number of benzene rings is 6. The molecule has 9 nitrogen and oxygen atoms in total. The van der Waals surface area contributed by atoms with Crippen molar-refractivity contribution in [3.05, 3.63) is 133 Å². The van der Waals surface area contributed by atoms with Crippen molar-refractivity contribution in [1.29, 1.82) is 0 Å². The Kier molecular flexibility index (Phi) is 14.5. The Morgan fingerprint density at radius 3 is 1.73 bits per heavy atom. The molecule has 8 rings (SSSR count). The Balaban J connectivity index is 0.000000620. The van der Waals surface area contributed by atoms with Crippen molar-refractivity contribution >= 4 is 42.6 Å². The Bertz CT molecular complexity index is 2350. The molecule has 2 fully saturated rings. The van der Waals surface area contributed by atoms with E-state index in [0.717, 1.165) is 90.1 Å². The number of ether oxygens (including phenoxy) is 6. The molecule has 0 aromatic heterocycles. The lowest BCUT2D eigenvalue weighted by Crippen LogP contribution is -2.25. The second-order valence-electron chi connectivity index (χ2n) is 14.1. The van der Waals surface area contributed by atoms with Gasteiger partial charge in [-0.2, -0.15) is 13.2 Å². The van der Waals surface area contributed by atoms with Gasteiger partial charge in [0.05, 0.1) is 19.8 Å². The second kappa shape index (κ2) is 20.2. The predicted octanol–water partition coefficient (Wildman–Crippen LogP) is 10.5. The maximum atomic E-state index is 10.7. The van der Waals surface area contributed by atoms with E-state index in [1.54, 1.807) is 0 Å². The van der Waals surface area contributed by atoms with Gasteiger partial charge in [0.2, 0.25) is 4.90 Å².